The molecule has 2 N–H and O–H groups in total. The maximum absolute atomic E-state index is 11.7. The highest BCUT2D eigenvalue weighted by atomic mass is 79.9. The molecule has 0 heterocycles. The number of Topliss-reactive ketones (excluding diaryl/α,β-unsaturated/α-hetero) is 1. The standard InChI is InChI=1S/C11H14BrNO/c1-7-5-9(12)6-10(8(7)2)11(14)3-4-13/h5-6H,3-4,13H2,1-2H3. The number of halogens is 1. The van der Waals surface area contributed by atoms with Crippen molar-refractivity contribution in [3.05, 3.63) is 33.3 Å². The molecule has 2 nitrogen and oxygen atoms in total. The van der Waals surface area contributed by atoms with Gasteiger partial charge in [-0.2, -0.15) is 0 Å². The molecule has 0 aliphatic rings. The number of hydrogen-bond donors (Lipinski definition) is 1. The van der Waals surface area contributed by atoms with Gasteiger partial charge in [-0.1, -0.05) is 15.9 Å². The largest absolute Gasteiger partial charge is 0.330 e. The molecule has 0 fully saturated rings. The Kier molecular flexibility index (Phi) is 3.84. The minimum Gasteiger partial charge on any atom is -0.330 e. The van der Waals surface area contributed by atoms with Gasteiger partial charge in [0.15, 0.2) is 5.78 Å². The van der Waals surface area contributed by atoms with Crippen molar-refractivity contribution in [1.82, 2.24) is 0 Å². The second kappa shape index (κ2) is 4.71. The number of hydrogen-bond acceptors (Lipinski definition) is 2. The first-order valence-corrected chi connectivity index (χ1v) is 5.35. The Labute approximate surface area is 92.6 Å². The minimum atomic E-state index is 0.120. The summed E-state index contributed by atoms with van der Waals surface area (Å²) < 4.78 is 0.945. The third-order valence-corrected chi connectivity index (χ3v) is 2.76. The van der Waals surface area contributed by atoms with Crippen LogP contribution in [0.3, 0.4) is 0 Å². The van der Waals surface area contributed by atoms with Crippen LogP contribution in [0.5, 0.6) is 0 Å². The van der Waals surface area contributed by atoms with E-state index in [9.17, 15) is 4.79 Å². The second-order valence-corrected chi connectivity index (χ2v) is 4.27. The van der Waals surface area contributed by atoms with E-state index in [-0.39, 0.29) is 5.78 Å². The average molecular weight is 256 g/mol. The van der Waals surface area contributed by atoms with Gasteiger partial charge in [0.05, 0.1) is 0 Å². The van der Waals surface area contributed by atoms with Gasteiger partial charge in [-0.25, -0.2) is 0 Å². The second-order valence-electron chi connectivity index (χ2n) is 3.36. The third kappa shape index (κ3) is 2.42. The van der Waals surface area contributed by atoms with Gasteiger partial charge in [0.25, 0.3) is 0 Å². The van der Waals surface area contributed by atoms with Gasteiger partial charge in [0.1, 0.15) is 0 Å². The zero-order chi connectivity index (χ0) is 10.7. The van der Waals surface area contributed by atoms with Crippen molar-refractivity contribution in [2.75, 3.05) is 6.54 Å². The Morgan fingerprint density at radius 3 is 2.64 bits per heavy atom. The molecule has 3 heteroatoms. The van der Waals surface area contributed by atoms with E-state index in [0.29, 0.717) is 13.0 Å². The molecule has 1 rings (SSSR count). The lowest BCUT2D eigenvalue weighted by Crippen LogP contribution is -2.10. The van der Waals surface area contributed by atoms with Crippen LogP contribution in [0.25, 0.3) is 0 Å². The van der Waals surface area contributed by atoms with Crippen molar-refractivity contribution in [3.8, 4) is 0 Å². The molecule has 0 aromatic heterocycles. The lowest BCUT2D eigenvalue weighted by molar-refractivity contribution is 0.0984. The molecule has 0 saturated carbocycles. The van der Waals surface area contributed by atoms with Crippen molar-refractivity contribution in [3.63, 3.8) is 0 Å². The fourth-order valence-corrected chi connectivity index (χ4v) is 1.94. The number of benzene rings is 1. The molecule has 0 bridgehead atoms. The molecule has 1 aromatic carbocycles. The summed E-state index contributed by atoms with van der Waals surface area (Å²) >= 11 is 3.38. The van der Waals surface area contributed by atoms with Gasteiger partial charge >= 0.3 is 0 Å². The van der Waals surface area contributed by atoms with Crippen molar-refractivity contribution in [2.45, 2.75) is 20.3 Å². The van der Waals surface area contributed by atoms with E-state index in [2.05, 4.69) is 15.9 Å². The molecule has 0 radical (unpaired) electrons. The Morgan fingerprint density at radius 1 is 1.43 bits per heavy atom. The first-order valence-electron chi connectivity index (χ1n) is 4.56. The fourth-order valence-electron chi connectivity index (χ4n) is 1.37. The van der Waals surface area contributed by atoms with Crippen LogP contribution in [0, 0.1) is 13.8 Å². The highest BCUT2D eigenvalue weighted by molar-refractivity contribution is 9.10. The predicted octanol–water partition coefficient (Wildman–Crippen LogP) is 2.60. The number of aryl methyl sites for hydroxylation is 1. The van der Waals surface area contributed by atoms with Crippen LogP contribution in [-0.2, 0) is 0 Å². The van der Waals surface area contributed by atoms with E-state index in [0.717, 1.165) is 21.2 Å². The summed E-state index contributed by atoms with van der Waals surface area (Å²) in [5.41, 5.74) is 8.31. The highest BCUT2D eigenvalue weighted by Gasteiger charge is 2.10. The Bertz CT molecular complexity index is 361. The maximum Gasteiger partial charge on any atom is 0.164 e. The molecule has 0 amide bonds. The fraction of sp³-hybridized carbons (Fsp3) is 0.364. The summed E-state index contributed by atoms with van der Waals surface area (Å²) in [7, 11) is 0. The predicted molar refractivity (Wildman–Crippen MR) is 61.6 cm³/mol. The maximum atomic E-state index is 11.7. The topological polar surface area (TPSA) is 43.1 Å². The molecule has 0 aliphatic carbocycles. The van der Waals surface area contributed by atoms with Gasteiger partial charge in [-0.15, -0.1) is 0 Å². The number of carbonyl (C=O) groups excluding carboxylic acids is 1. The molecule has 14 heavy (non-hydrogen) atoms. The van der Waals surface area contributed by atoms with Crippen LogP contribution in [-0.4, -0.2) is 12.3 Å². The normalized spacial score (nSPS) is 10.3. The van der Waals surface area contributed by atoms with Gasteiger partial charge < -0.3 is 5.73 Å². The Morgan fingerprint density at radius 2 is 2.07 bits per heavy atom. The smallest absolute Gasteiger partial charge is 0.164 e. The summed E-state index contributed by atoms with van der Waals surface area (Å²) in [6, 6.07) is 3.87. The molecular formula is C11H14BrNO. The summed E-state index contributed by atoms with van der Waals surface area (Å²) in [5, 5.41) is 0. The van der Waals surface area contributed by atoms with Crippen LogP contribution in [0.4, 0.5) is 0 Å². The van der Waals surface area contributed by atoms with E-state index < -0.39 is 0 Å². The molecular weight excluding hydrogens is 242 g/mol. The zero-order valence-corrected chi connectivity index (χ0v) is 10.0. The minimum absolute atomic E-state index is 0.120. The Balaban J connectivity index is 3.13. The van der Waals surface area contributed by atoms with E-state index in [1.165, 1.54) is 0 Å². The molecule has 0 unspecified atom stereocenters. The first kappa shape index (κ1) is 11.4. The Hall–Kier alpha value is -0.670. The van der Waals surface area contributed by atoms with Crippen LogP contribution >= 0.6 is 15.9 Å². The number of ketones is 1. The van der Waals surface area contributed by atoms with Crippen LogP contribution < -0.4 is 5.73 Å². The zero-order valence-electron chi connectivity index (χ0n) is 8.43. The van der Waals surface area contributed by atoms with Crippen molar-refractivity contribution >= 4 is 21.7 Å². The summed E-state index contributed by atoms with van der Waals surface area (Å²) in [5.74, 6) is 0.120. The molecule has 0 spiro atoms. The van der Waals surface area contributed by atoms with Gasteiger partial charge in [0, 0.05) is 16.5 Å². The summed E-state index contributed by atoms with van der Waals surface area (Å²) in [6.45, 7) is 4.37. The molecule has 0 aliphatic heterocycles. The van der Waals surface area contributed by atoms with E-state index >= 15 is 0 Å². The van der Waals surface area contributed by atoms with Crippen molar-refractivity contribution in [2.24, 2.45) is 5.73 Å². The van der Waals surface area contributed by atoms with Gasteiger partial charge in [-0.3, -0.25) is 4.79 Å². The third-order valence-electron chi connectivity index (χ3n) is 2.30. The molecule has 0 atom stereocenters. The number of rotatable bonds is 3. The average Bonchev–Trinajstić information content (AvgIpc) is 2.11. The molecule has 0 saturated heterocycles. The van der Waals surface area contributed by atoms with E-state index in [4.69, 9.17) is 5.73 Å². The van der Waals surface area contributed by atoms with Gasteiger partial charge in [0.2, 0.25) is 0 Å². The van der Waals surface area contributed by atoms with Crippen LogP contribution in [0.1, 0.15) is 27.9 Å². The highest BCUT2D eigenvalue weighted by Crippen LogP contribution is 2.21. The van der Waals surface area contributed by atoms with Crippen molar-refractivity contribution < 1.29 is 4.79 Å². The van der Waals surface area contributed by atoms with E-state index in [1.807, 2.05) is 26.0 Å². The summed E-state index contributed by atoms with van der Waals surface area (Å²) in [4.78, 5) is 11.7. The first-order chi connectivity index (χ1) is 6.56. The van der Waals surface area contributed by atoms with Crippen LogP contribution in [0.2, 0.25) is 0 Å². The quantitative estimate of drug-likeness (QED) is 0.844. The monoisotopic (exact) mass is 255 g/mol. The number of carbonyl (C=O) groups is 1. The SMILES string of the molecule is Cc1cc(Br)cc(C(=O)CCN)c1C. The summed E-state index contributed by atoms with van der Waals surface area (Å²) in [6.07, 6.45) is 0.413. The van der Waals surface area contributed by atoms with Crippen LogP contribution in [0.15, 0.2) is 16.6 Å². The lowest BCUT2D eigenvalue weighted by atomic mass is 9.99. The van der Waals surface area contributed by atoms with Crippen molar-refractivity contribution in [1.29, 1.82) is 0 Å². The molecule has 1 aromatic rings. The molecule has 76 valence electrons. The van der Waals surface area contributed by atoms with E-state index in [1.54, 1.807) is 0 Å². The lowest BCUT2D eigenvalue weighted by Gasteiger charge is -2.08. The number of nitrogens with two attached hydrogens (primary N) is 1. The van der Waals surface area contributed by atoms with Gasteiger partial charge in [-0.05, 0) is 43.7 Å².